The van der Waals surface area contributed by atoms with Crippen LogP contribution in [0.1, 0.15) is 16.1 Å². The molecule has 1 aromatic heterocycles. The van der Waals surface area contributed by atoms with E-state index in [2.05, 4.69) is 21.2 Å². The van der Waals surface area contributed by atoms with Gasteiger partial charge in [-0.1, -0.05) is 39.7 Å². The Morgan fingerprint density at radius 3 is 2.58 bits per heavy atom. The molecule has 0 aliphatic carbocycles. The molecule has 0 aliphatic heterocycles. The summed E-state index contributed by atoms with van der Waals surface area (Å²) < 4.78 is 6.82. The van der Waals surface area contributed by atoms with Crippen LogP contribution in [-0.2, 0) is 6.54 Å². The van der Waals surface area contributed by atoms with Crippen LogP contribution in [0, 0.1) is 0 Å². The first-order chi connectivity index (χ1) is 11.5. The number of hydrogen-bond acceptors (Lipinski definition) is 3. The minimum Gasteiger partial charge on any atom is -0.478 e. The maximum atomic E-state index is 11.0. The van der Waals surface area contributed by atoms with Crippen molar-refractivity contribution in [3.63, 3.8) is 0 Å². The zero-order valence-corrected chi connectivity index (χ0v) is 14.8. The van der Waals surface area contributed by atoms with Gasteiger partial charge >= 0.3 is 5.97 Å². The van der Waals surface area contributed by atoms with Crippen molar-refractivity contribution in [3.8, 4) is 11.3 Å². The number of benzene rings is 2. The Hall–Kier alpha value is -2.24. The number of rotatable bonds is 5. The third kappa shape index (κ3) is 3.80. The smallest absolute Gasteiger partial charge is 0.335 e. The normalized spacial score (nSPS) is 10.6. The van der Waals surface area contributed by atoms with Gasteiger partial charge in [-0.25, -0.2) is 4.79 Å². The molecule has 122 valence electrons. The highest BCUT2D eigenvalue weighted by molar-refractivity contribution is 9.10. The minimum atomic E-state index is -0.995. The molecule has 2 aromatic carbocycles. The second kappa shape index (κ2) is 7.11. The molecule has 0 saturated carbocycles. The van der Waals surface area contributed by atoms with E-state index in [0.29, 0.717) is 17.3 Å². The van der Waals surface area contributed by atoms with Crippen molar-refractivity contribution in [2.24, 2.45) is 0 Å². The average molecular weight is 407 g/mol. The van der Waals surface area contributed by atoms with E-state index >= 15 is 0 Å². The summed E-state index contributed by atoms with van der Waals surface area (Å²) in [6.07, 6.45) is 0. The highest BCUT2D eigenvalue weighted by Gasteiger charge is 2.09. The number of anilines is 1. The van der Waals surface area contributed by atoms with E-state index < -0.39 is 5.97 Å². The summed E-state index contributed by atoms with van der Waals surface area (Å²) in [4.78, 5) is 11.0. The second-order valence-corrected chi connectivity index (χ2v) is 6.45. The van der Waals surface area contributed by atoms with Crippen molar-refractivity contribution in [2.45, 2.75) is 6.54 Å². The topological polar surface area (TPSA) is 62.5 Å². The van der Waals surface area contributed by atoms with Crippen LogP contribution in [-0.4, -0.2) is 11.1 Å². The van der Waals surface area contributed by atoms with Gasteiger partial charge in [-0.05, 0) is 42.5 Å². The molecule has 1 heterocycles. The Bertz CT molecular complexity index is 874. The quantitative estimate of drug-likeness (QED) is 0.573. The van der Waals surface area contributed by atoms with Crippen molar-refractivity contribution in [3.05, 3.63) is 75.4 Å². The first-order valence-corrected chi connectivity index (χ1v) is 8.31. The summed E-state index contributed by atoms with van der Waals surface area (Å²) in [6.45, 7) is 0.402. The summed E-state index contributed by atoms with van der Waals surface area (Å²) in [5, 5.41) is 12.6. The van der Waals surface area contributed by atoms with Gasteiger partial charge in [0, 0.05) is 10.0 Å². The molecule has 0 radical (unpaired) electrons. The second-order valence-electron chi connectivity index (χ2n) is 5.13. The minimum absolute atomic E-state index is 0.178. The molecule has 0 aliphatic rings. The zero-order chi connectivity index (χ0) is 17.1. The van der Waals surface area contributed by atoms with E-state index in [9.17, 15) is 4.79 Å². The van der Waals surface area contributed by atoms with Crippen molar-refractivity contribution < 1.29 is 14.3 Å². The van der Waals surface area contributed by atoms with Gasteiger partial charge in [-0.3, -0.25) is 0 Å². The molecule has 0 fully saturated rings. The van der Waals surface area contributed by atoms with Crippen LogP contribution in [0.2, 0.25) is 5.02 Å². The molecule has 4 nitrogen and oxygen atoms in total. The monoisotopic (exact) mass is 405 g/mol. The molecule has 0 unspecified atom stereocenters. The number of halogens is 2. The lowest BCUT2D eigenvalue weighted by Crippen LogP contribution is -2.02. The van der Waals surface area contributed by atoms with Gasteiger partial charge < -0.3 is 14.8 Å². The molecule has 24 heavy (non-hydrogen) atoms. The number of nitrogens with one attached hydrogen (secondary N) is 1. The molecule has 0 atom stereocenters. The zero-order valence-electron chi connectivity index (χ0n) is 12.4. The van der Waals surface area contributed by atoms with E-state index in [1.54, 1.807) is 6.07 Å². The SMILES string of the molecule is O=C(O)c1ccc(Cl)c(NCc2ccc(-c3ccc(Br)cc3)o2)c1. The molecule has 0 amide bonds. The van der Waals surface area contributed by atoms with Gasteiger partial charge in [-0.2, -0.15) is 0 Å². The highest BCUT2D eigenvalue weighted by Crippen LogP contribution is 2.26. The Kier molecular flexibility index (Phi) is 4.92. The number of carbonyl (C=O) groups is 1. The van der Waals surface area contributed by atoms with Crippen LogP contribution in [0.4, 0.5) is 5.69 Å². The lowest BCUT2D eigenvalue weighted by Gasteiger charge is -2.08. The fraction of sp³-hybridized carbons (Fsp3) is 0.0556. The van der Waals surface area contributed by atoms with Crippen molar-refractivity contribution in [1.82, 2.24) is 0 Å². The van der Waals surface area contributed by atoms with Crippen LogP contribution in [0.15, 0.2) is 63.5 Å². The molecule has 3 aromatic rings. The summed E-state index contributed by atoms with van der Waals surface area (Å²) in [5.74, 6) is 0.500. The molecular formula is C18H13BrClNO3. The first kappa shape index (κ1) is 16.6. The maximum absolute atomic E-state index is 11.0. The number of hydrogen-bond donors (Lipinski definition) is 2. The van der Waals surface area contributed by atoms with E-state index in [1.807, 2.05) is 36.4 Å². The van der Waals surface area contributed by atoms with Crippen LogP contribution in [0.3, 0.4) is 0 Å². The summed E-state index contributed by atoms with van der Waals surface area (Å²) in [5.41, 5.74) is 1.71. The van der Waals surface area contributed by atoms with Gasteiger partial charge in [0.25, 0.3) is 0 Å². The number of carboxylic acid groups (broad SMARTS) is 1. The summed E-state index contributed by atoms with van der Waals surface area (Å²) >= 11 is 9.49. The Labute approximate surface area is 152 Å². The van der Waals surface area contributed by atoms with Crippen LogP contribution >= 0.6 is 27.5 Å². The first-order valence-electron chi connectivity index (χ1n) is 7.14. The highest BCUT2D eigenvalue weighted by atomic mass is 79.9. The Morgan fingerprint density at radius 2 is 1.88 bits per heavy atom. The third-order valence-corrected chi connectivity index (χ3v) is 4.32. The number of aromatic carboxylic acids is 1. The Morgan fingerprint density at radius 1 is 1.12 bits per heavy atom. The van der Waals surface area contributed by atoms with E-state index in [-0.39, 0.29) is 5.56 Å². The lowest BCUT2D eigenvalue weighted by molar-refractivity contribution is 0.0697. The van der Waals surface area contributed by atoms with Gasteiger partial charge in [0.15, 0.2) is 0 Å². The van der Waals surface area contributed by atoms with E-state index in [4.69, 9.17) is 21.1 Å². The fourth-order valence-corrected chi connectivity index (χ4v) is 2.67. The van der Waals surface area contributed by atoms with Crippen LogP contribution in [0.5, 0.6) is 0 Å². The average Bonchev–Trinajstić information content (AvgIpc) is 3.03. The Balaban J connectivity index is 1.73. The molecule has 0 bridgehead atoms. The van der Waals surface area contributed by atoms with Gasteiger partial charge in [0.05, 0.1) is 22.8 Å². The molecule has 3 rings (SSSR count). The molecular weight excluding hydrogens is 394 g/mol. The molecule has 0 saturated heterocycles. The predicted molar refractivity (Wildman–Crippen MR) is 97.6 cm³/mol. The third-order valence-electron chi connectivity index (χ3n) is 3.46. The van der Waals surface area contributed by atoms with Gasteiger partial charge in [-0.15, -0.1) is 0 Å². The van der Waals surface area contributed by atoms with E-state index in [0.717, 1.165) is 21.6 Å². The predicted octanol–water partition coefficient (Wildman–Crippen LogP) is 5.67. The number of furan rings is 1. The largest absolute Gasteiger partial charge is 0.478 e. The van der Waals surface area contributed by atoms with Crippen LogP contribution in [0.25, 0.3) is 11.3 Å². The fourth-order valence-electron chi connectivity index (χ4n) is 2.22. The summed E-state index contributed by atoms with van der Waals surface area (Å²) in [7, 11) is 0. The molecule has 2 N–H and O–H groups in total. The van der Waals surface area contributed by atoms with Gasteiger partial charge in [0.2, 0.25) is 0 Å². The summed E-state index contributed by atoms with van der Waals surface area (Å²) in [6, 6.07) is 16.1. The maximum Gasteiger partial charge on any atom is 0.335 e. The lowest BCUT2D eigenvalue weighted by atomic mass is 10.2. The standard InChI is InChI=1S/C18H13BrClNO3/c19-13-4-1-11(2-5-13)17-8-6-14(24-17)10-21-16-9-12(18(22)23)3-7-15(16)20/h1-9,21H,10H2,(H,22,23). The van der Waals surface area contributed by atoms with Crippen LogP contribution < -0.4 is 5.32 Å². The van der Waals surface area contributed by atoms with Crippen molar-refractivity contribution in [1.29, 1.82) is 0 Å². The molecule has 6 heteroatoms. The van der Waals surface area contributed by atoms with E-state index in [1.165, 1.54) is 12.1 Å². The number of carboxylic acids is 1. The van der Waals surface area contributed by atoms with Gasteiger partial charge in [0.1, 0.15) is 11.5 Å². The molecule has 0 spiro atoms. The van der Waals surface area contributed by atoms with Crippen molar-refractivity contribution >= 4 is 39.2 Å². The van der Waals surface area contributed by atoms with Crippen molar-refractivity contribution in [2.75, 3.05) is 5.32 Å².